The molecule has 2 rings (SSSR count). The largest absolute Gasteiger partial charge is 0.480 e. The second-order valence-electron chi connectivity index (χ2n) is 5.43. The van der Waals surface area contributed by atoms with Gasteiger partial charge in [0.05, 0.1) is 0 Å². The summed E-state index contributed by atoms with van der Waals surface area (Å²) >= 11 is 1.14. The van der Waals surface area contributed by atoms with Crippen molar-refractivity contribution in [1.82, 2.24) is 5.32 Å². The molecular formula is C18H17N3O5S. The van der Waals surface area contributed by atoms with Gasteiger partial charge in [0.1, 0.15) is 23.0 Å². The van der Waals surface area contributed by atoms with E-state index in [4.69, 9.17) is 21.0 Å². The van der Waals surface area contributed by atoms with Crippen molar-refractivity contribution >= 4 is 41.1 Å². The molecule has 9 heteroatoms. The average molecular weight is 387 g/mol. The molecule has 0 aliphatic rings. The molecular weight excluding hydrogens is 370 g/mol. The highest BCUT2D eigenvalue weighted by atomic mass is 32.1. The fourth-order valence-corrected chi connectivity index (χ4v) is 2.86. The first-order chi connectivity index (χ1) is 12.8. The number of nitrogens with two attached hydrogens (primary N) is 1. The molecule has 2 aromatic rings. The lowest BCUT2D eigenvalue weighted by Gasteiger charge is -2.04. The maximum atomic E-state index is 12.2. The summed E-state index contributed by atoms with van der Waals surface area (Å²) < 4.78 is 5.26. The highest BCUT2D eigenvalue weighted by Crippen LogP contribution is 2.22. The van der Waals surface area contributed by atoms with Gasteiger partial charge in [0.15, 0.2) is 0 Å². The van der Waals surface area contributed by atoms with Crippen molar-refractivity contribution in [2.75, 3.05) is 6.54 Å². The third-order valence-corrected chi connectivity index (χ3v) is 4.33. The van der Waals surface area contributed by atoms with Gasteiger partial charge >= 0.3 is 11.9 Å². The number of carbonyl (C=O) groups is 3. The van der Waals surface area contributed by atoms with Crippen molar-refractivity contribution < 1.29 is 24.2 Å². The number of carboxylic acid groups (broad SMARTS) is 1. The molecule has 0 aliphatic heterocycles. The fraction of sp³-hybridized carbons (Fsp3) is 0.111. The molecule has 0 radical (unpaired) electrons. The van der Waals surface area contributed by atoms with Crippen LogP contribution in [0.25, 0.3) is 6.08 Å². The number of ether oxygens (including phenoxy) is 1. The standard InChI is InChI=1S/C18H17N3O5S/c1-10(17(24)21-9-15(22)23)8-13-6-7-14(27-13)18(25)26-12-4-2-11(3-5-12)16(19)20/h2-8H,9H2,1H3,(H3,19,20)(H,21,24)(H,22,23)/b10-8+. The first kappa shape index (κ1) is 19.9. The van der Waals surface area contributed by atoms with Gasteiger partial charge in [0.25, 0.3) is 0 Å². The Bertz CT molecular complexity index is 915. The zero-order valence-electron chi connectivity index (χ0n) is 14.3. The number of hydrogen-bond donors (Lipinski definition) is 4. The van der Waals surface area contributed by atoms with Gasteiger partial charge in [-0.25, -0.2) is 4.79 Å². The van der Waals surface area contributed by atoms with E-state index in [-0.39, 0.29) is 5.84 Å². The summed E-state index contributed by atoms with van der Waals surface area (Å²) in [6, 6.07) is 9.47. The summed E-state index contributed by atoms with van der Waals surface area (Å²) in [4.78, 5) is 35.4. The number of nitrogen functional groups attached to an aromatic ring is 1. The molecule has 0 bridgehead atoms. The smallest absolute Gasteiger partial charge is 0.353 e. The summed E-state index contributed by atoms with van der Waals surface area (Å²) in [5, 5.41) is 18.1. The summed E-state index contributed by atoms with van der Waals surface area (Å²) in [5.74, 6) is -1.94. The van der Waals surface area contributed by atoms with Crippen LogP contribution in [0.2, 0.25) is 0 Å². The third kappa shape index (κ3) is 5.79. The molecule has 8 nitrogen and oxygen atoms in total. The van der Waals surface area contributed by atoms with Crippen LogP contribution >= 0.6 is 11.3 Å². The van der Waals surface area contributed by atoms with Crippen LogP contribution < -0.4 is 15.8 Å². The molecule has 1 aromatic carbocycles. The van der Waals surface area contributed by atoms with Crippen molar-refractivity contribution in [3.05, 3.63) is 57.3 Å². The number of hydrogen-bond acceptors (Lipinski definition) is 6. The average Bonchev–Trinajstić information content (AvgIpc) is 3.08. The van der Waals surface area contributed by atoms with E-state index in [0.29, 0.717) is 26.6 Å². The first-order valence-corrected chi connectivity index (χ1v) is 8.52. The molecule has 27 heavy (non-hydrogen) atoms. The normalized spacial score (nSPS) is 10.9. The topological polar surface area (TPSA) is 143 Å². The number of carbonyl (C=O) groups excluding carboxylic acids is 2. The van der Waals surface area contributed by atoms with Crippen LogP contribution in [0.1, 0.15) is 27.0 Å². The first-order valence-electron chi connectivity index (χ1n) is 7.71. The maximum Gasteiger partial charge on any atom is 0.353 e. The fourth-order valence-electron chi connectivity index (χ4n) is 1.97. The van der Waals surface area contributed by atoms with Gasteiger partial charge in [-0.05, 0) is 49.4 Å². The van der Waals surface area contributed by atoms with Crippen LogP contribution in [-0.2, 0) is 9.59 Å². The van der Waals surface area contributed by atoms with Gasteiger partial charge in [0.2, 0.25) is 5.91 Å². The highest BCUT2D eigenvalue weighted by molar-refractivity contribution is 7.14. The Labute approximate surface area is 158 Å². The van der Waals surface area contributed by atoms with Crippen molar-refractivity contribution in [3.8, 4) is 5.75 Å². The molecule has 0 saturated carbocycles. The van der Waals surface area contributed by atoms with E-state index in [2.05, 4.69) is 5.32 Å². The number of amidine groups is 1. The number of nitrogens with one attached hydrogen (secondary N) is 2. The predicted molar refractivity (Wildman–Crippen MR) is 101 cm³/mol. The van der Waals surface area contributed by atoms with Gasteiger partial charge in [-0.1, -0.05) is 0 Å². The van der Waals surface area contributed by atoms with Gasteiger partial charge in [-0.3, -0.25) is 15.0 Å². The van der Waals surface area contributed by atoms with Crippen LogP contribution in [0.3, 0.4) is 0 Å². The number of carboxylic acids is 1. The molecule has 0 unspecified atom stereocenters. The molecule has 0 fully saturated rings. The third-order valence-electron chi connectivity index (χ3n) is 3.32. The van der Waals surface area contributed by atoms with E-state index in [1.807, 2.05) is 0 Å². The van der Waals surface area contributed by atoms with Crippen molar-refractivity contribution in [3.63, 3.8) is 0 Å². The molecule has 1 aromatic heterocycles. The zero-order chi connectivity index (χ0) is 20.0. The van der Waals surface area contributed by atoms with E-state index < -0.39 is 24.4 Å². The van der Waals surface area contributed by atoms with Crippen LogP contribution in [-0.4, -0.2) is 35.3 Å². The van der Waals surface area contributed by atoms with Gasteiger partial charge < -0.3 is 20.9 Å². The van der Waals surface area contributed by atoms with Crippen LogP contribution in [0.5, 0.6) is 5.75 Å². The molecule has 0 atom stereocenters. The van der Waals surface area contributed by atoms with Crippen molar-refractivity contribution in [2.24, 2.45) is 5.73 Å². The molecule has 0 spiro atoms. The molecule has 1 heterocycles. The summed E-state index contributed by atoms with van der Waals surface area (Å²) in [6.07, 6.45) is 1.56. The molecule has 0 aliphatic carbocycles. The lowest BCUT2D eigenvalue weighted by molar-refractivity contribution is -0.137. The van der Waals surface area contributed by atoms with Crippen LogP contribution in [0, 0.1) is 5.41 Å². The van der Waals surface area contributed by atoms with E-state index in [9.17, 15) is 14.4 Å². The predicted octanol–water partition coefficient (Wildman–Crippen LogP) is 1.86. The van der Waals surface area contributed by atoms with Gasteiger partial charge in [0, 0.05) is 16.0 Å². The molecule has 140 valence electrons. The van der Waals surface area contributed by atoms with E-state index >= 15 is 0 Å². The van der Waals surface area contributed by atoms with Crippen LogP contribution in [0.15, 0.2) is 42.0 Å². The zero-order valence-corrected chi connectivity index (χ0v) is 15.1. The number of rotatable bonds is 7. The summed E-state index contributed by atoms with van der Waals surface area (Å²) in [7, 11) is 0. The lowest BCUT2D eigenvalue weighted by Crippen LogP contribution is -2.29. The van der Waals surface area contributed by atoms with Gasteiger partial charge in [-0.2, -0.15) is 0 Å². The van der Waals surface area contributed by atoms with E-state index in [1.54, 1.807) is 49.4 Å². The second kappa shape index (κ2) is 8.77. The maximum absolute atomic E-state index is 12.2. The minimum absolute atomic E-state index is 0.0784. The quantitative estimate of drug-likeness (QED) is 0.188. The lowest BCUT2D eigenvalue weighted by atomic mass is 10.2. The van der Waals surface area contributed by atoms with Crippen molar-refractivity contribution in [1.29, 1.82) is 5.41 Å². The number of benzene rings is 1. The summed E-state index contributed by atoms with van der Waals surface area (Å²) in [6.45, 7) is 1.08. The molecule has 1 amide bonds. The highest BCUT2D eigenvalue weighted by Gasteiger charge is 2.13. The Morgan fingerprint density at radius 3 is 2.48 bits per heavy atom. The van der Waals surface area contributed by atoms with Crippen LogP contribution in [0.4, 0.5) is 0 Å². The number of aliphatic carboxylic acids is 1. The SMILES string of the molecule is C/C(=C\c1ccc(C(=O)Oc2ccc(C(=N)N)cc2)s1)C(=O)NCC(=O)O. The Morgan fingerprint density at radius 1 is 1.22 bits per heavy atom. The van der Waals surface area contributed by atoms with Gasteiger partial charge in [-0.15, -0.1) is 11.3 Å². The Hall–Kier alpha value is -3.46. The minimum Gasteiger partial charge on any atom is -0.480 e. The van der Waals surface area contributed by atoms with E-state index in [1.165, 1.54) is 0 Å². The monoisotopic (exact) mass is 387 g/mol. The minimum atomic E-state index is -1.13. The number of amides is 1. The van der Waals surface area contributed by atoms with E-state index in [0.717, 1.165) is 11.3 Å². The molecule has 5 N–H and O–H groups in total. The second-order valence-corrected chi connectivity index (χ2v) is 6.55. The van der Waals surface area contributed by atoms with Crippen molar-refractivity contribution in [2.45, 2.75) is 6.92 Å². The Morgan fingerprint density at radius 2 is 1.89 bits per heavy atom. The molecule has 0 saturated heterocycles. The summed E-state index contributed by atoms with van der Waals surface area (Å²) in [5.41, 5.74) is 6.21. The number of esters is 1. The Kier molecular flexibility index (Phi) is 6.45. The Balaban J connectivity index is 2.02. The number of thiophene rings is 1.